The fraction of sp³-hybridized carbons (Fsp3) is 0.167. The van der Waals surface area contributed by atoms with Gasteiger partial charge < -0.3 is 4.84 Å². The van der Waals surface area contributed by atoms with Gasteiger partial charge in [-0.3, -0.25) is 4.79 Å². The van der Waals surface area contributed by atoms with Crippen LogP contribution in [-0.4, -0.2) is 27.0 Å². The summed E-state index contributed by atoms with van der Waals surface area (Å²) < 4.78 is 0. The summed E-state index contributed by atoms with van der Waals surface area (Å²) in [6, 6.07) is 0. The van der Waals surface area contributed by atoms with E-state index in [-0.39, 0.29) is 11.1 Å². The molecule has 2 aromatic heterocycles. The largest absolute Gasteiger partial charge is 0.398 e. The van der Waals surface area contributed by atoms with E-state index in [4.69, 9.17) is 4.84 Å². The first-order valence-corrected chi connectivity index (χ1v) is 3.29. The molecular formula is C6H6N4O2. The van der Waals surface area contributed by atoms with E-state index in [1.54, 1.807) is 0 Å². The summed E-state index contributed by atoms with van der Waals surface area (Å²) in [7, 11) is 1.39. The first kappa shape index (κ1) is 6.84. The van der Waals surface area contributed by atoms with Crippen LogP contribution in [-0.2, 0) is 0 Å². The van der Waals surface area contributed by atoms with Crippen molar-refractivity contribution in [2.75, 3.05) is 7.11 Å². The van der Waals surface area contributed by atoms with Gasteiger partial charge >= 0.3 is 5.56 Å². The molecule has 0 bridgehead atoms. The standard InChI is InChI=1S/C6H6N4O2/c1-12-10-6(11)4-5(9-10)8-3-2-7-4/h2-3H,1H3,(H,8,9). The Morgan fingerprint density at radius 1 is 1.50 bits per heavy atom. The number of fused-ring (bicyclic) bond motifs is 1. The number of aromatic nitrogens is 4. The maximum Gasteiger partial charge on any atom is 0.330 e. The summed E-state index contributed by atoms with van der Waals surface area (Å²) in [6.45, 7) is 0. The molecule has 0 amide bonds. The van der Waals surface area contributed by atoms with Gasteiger partial charge in [0.1, 0.15) is 7.11 Å². The van der Waals surface area contributed by atoms with Crippen molar-refractivity contribution < 1.29 is 4.84 Å². The van der Waals surface area contributed by atoms with E-state index in [1.165, 1.54) is 19.5 Å². The Morgan fingerprint density at radius 2 is 2.25 bits per heavy atom. The van der Waals surface area contributed by atoms with E-state index < -0.39 is 0 Å². The summed E-state index contributed by atoms with van der Waals surface area (Å²) in [5.74, 6) is 0. The molecule has 6 heteroatoms. The Hall–Kier alpha value is -1.85. The van der Waals surface area contributed by atoms with Gasteiger partial charge in [-0.05, 0) is 0 Å². The average molecular weight is 166 g/mol. The van der Waals surface area contributed by atoms with Gasteiger partial charge in [0.15, 0.2) is 11.2 Å². The fourth-order valence-electron chi connectivity index (χ4n) is 0.948. The lowest BCUT2D eigenvalue weighted by atomic mass is 10.5. The summed E-state index contributed by atoms with van der Waals surface area (Å²) in [4.78, 5) is 24.7. The minimum absolute atomic E-state index is 0.277. The van der Waals surface area contributed by atoms with Crippen molar-refractivity contribution in [1.29, 1.82) is 0 Å². The normalized spacial score (nSPS) is 10.4. The monoisotopic (exact) mass is 166 g/mol. The maximum absolute atomic E-state index is 11.3. The Labute approximate surface area is 66.8 Å². The van der Waals surface area contributed by atoms with Crippen LogP contribution in [0.3, 0.4) is 0 Å². The van der Waals surface area contributed by atoms with E-state index in [0.717, 1.165) is 4.85 Å². The topological polar surface area (TPSA) is 72.8 Å². The third-order valence-electron chi connectivity index (χ3n) is 1.48. The van der Waals surface area contributed by atoms with Gasteiger partial charge in [0.05, 0.1) is 0 Å². The lowest BCUT2D eigenvalue weighted by Gasteiger charge is -1.92. The quantitative estimate of drug-likeness (QED) is 0.600. The zero-order valence-corrected chi connectivity index (χ0v) is 6.31. The molecule has 0 spiro atoms. The van der Waals surface area contributed by atoms with E-state index in [0.29, 0.717) is 5.65 Å². The van der Waals surface area contributed by atoms with E-state index in [9.17, 15) is 4.79 Å². The van der Waals surface area contributed by atoms with Gasteiger partial charge in [-0.1, -0.05) is 4.85 Å². The van der Waals surface area contributed by atoms with Crippen molar-refractivity contribution in [1.82, 2.24) is 19.9 Å². The maximum atomic E-state index is 11.3. The Morgan fingerprint density at radius 3 is 2.92 bits per heavy atom. The minimum atomic E-state index is -0.333. The van der Waals surface area contributed by atoms with Crippen LogP contribution in [0.15, 0.2) is 17.2 Å². The first-order valence-electron chi connectivity index (χ1n) is 3.29. The number of nitrogens with zero attached hydrogens (tertiary/aromatic N) is 3. The average Bonchev–Trinajstić information content (AvgIpc) is 2.44. The Balaban J connectivity index is 2.88. The summed E-state index contributed by atoms with van der Waals surface area (Å²) >= 11 is 0. The second kappa shape index (κ2) is 2.33. The summed E-state index contributed by atoms with van der Waals surface area (Å²) in [5, 5.41) is 2.62. The summed E-state index contributed by atoms with van der Waals surface area (Å²) in [5.41, 5.74) is 0.365. The minimum Gasteiger partial charge on any atom is -0.398 e. The van der Waals surface area contributed by atoms with Gasteiger partial charge in [0, 0.05) is 12.4 Å². The summed E-state index contributed by atoms with van der Waals surface area (Å²) in [6.07, 6.45) is 2.95. The SMILES string of the molecule is COn1[nH]c2nccnc2c1=O. The Bertz CT molecular complexity index is 458. The third-order valence-corrected chi connectivity index (χ3v) is 1.48. The van der Waals surface area contributed by atoms with Crippen LogP contribution in [0.5, 0.6) is 0 Å². The third kappa shape index (κ3) is 0.777. The molecule has 0 aromatic carbocycles. The Kier molecular flexibility index (Phi) is 1.33. The molecule has 0 saturated carbocycles. The number of aromatic amines is 1. The van der Waals surface area contributed by atoms with Crippen LogP contribution < -0.4 is 10.4 Å². The van der Waals surface area contributed by atoms with Crippen LogP contribution in [0.1, 0.15) is 0 Å². The predicted octanol–water partition coefficient (Wildman–Crippen LogP) is -0.822. The molecule has 6 nitrogen and oxygen atoms in total. The predicted molar refractivity (Wildman–Crippen MR) is 40.7 cm³/mol. The molecule has 0 aliphatic carbocycles. The molecule has 0 aliphatic heterocycles. The van der Waals surface area contributed by atoms with Crippen LogP contribution in [0.2, 0.25) is 0 Å². The zero-order chi connectivity index (χ0) is 8.55. The highest BCUT2D eigenvalue weighted by molar-refractivity contribution is 5.67. The molecular weight excluding hydrogens is 160 g/mol. The van der Waals surface area contributed by atoms with Crippen molar-refractivity contribution in [2.24, 2.45) is 0 Å². The highest BCUT2D eigenvalue weighted by Crippen LogP contribution is 1.95. The molecule has 12 heavy (non-hydrogen) atoms. The van der Waals surface area contributed by atoms with Crippen LogP contribution in [0.4, 0.5) is 0 Å². The van der Waals surface area contributed by atoms with Crippen LogP contribution in [0, 0.1) is 0 Å². The molecule has 0 radical (unpaired) electrons. The molecule has 2 rings (SSSR count). The van der Waals surface area contributed by atoms with Gasteiger partial charge in [-0.25, -0.2) is 15.1 Å². The van der Waals surface area contributed by atoms with Crippen molar-refractivity contribution >= 4 is 11.2 Å². The van der Waals surface area contributed by atoms with Gasteiger partial charge in [-0.15, -0.1) is 0 Å². The highest BCUT2D eigenvalue weighted by Gasteiger charge is 2.06. The molecule has 0 aliphatic rings. The molecule has 1 N–H and O–H groups in total. The second-order valence-corrected chi connectivity index (χ2v) is 2.15. The van der Waals surface area contributed by atoms with E-state index in [1.807, 2.05) is 0 Å². The first-order chi connectivity index (χ1) is 5.83. The van der Waals surface area contributed by atoms with Gasteiger partial charge in [-0.2, -0.15) is 0 Å². The number of nitrogens with one attached hydrogen (secondary N) is 1. The molecule has 2 aromatic rings. The second-order valence-electron chi connectivity index (χ2n) is 2.15. The van der Waals surface area contributed by atoms with Crippen molar-refractivity contribution in [3.63, 3.8) is 0 Å². The zero-order valence-electron chi connectivity index (χ0n) is 6.31. The molecule has 0 unspecified atom stereocenters. The van der Waals surface area contributed by atoms with Gasteiger partial charge in [0.25, 0.3) is 0 Å². The number of rotatable bonds is 1. The molecule has 62 valence electrons. The number of hydrogen-bond acceptors (Lipinski definition) is 4. The van der Waals surface area contributed by atoms with Gasteiger partial charge in [0.2, 0.25) is 0 Å². The van der Waals surface area contributed by atoms with Crippen molar-refractivity contribution in [3.8, 4) is 0 Å². The lowest BCUT2D eigenvalue weighted by Crippen LogP contribution is -2.21. The van der Waals surface area contributed by atoms with E-state index >= 15 is 0 Å². The fourth-order valence-corrected chi connectivity index (χ4v) is 0.948. The molecule has 0 atom stereocenters. The molecule has 2 heterocycles. The van der Waals surface area contributed by atoms with Crippen molar-refractivity contribution in [2.45, 2.75) is 0 Å². The molecule has 0 fully saturated rings. The number of H-pyrrole nitrogens is 1. The lowest BCUT2D eigenvalue weighted by molar-refractivity contribution is 0.128. The van der Waals surface area contributed by atoms with E-state index in [2.05, 4.69) is 15.1 Å². The highest BCUT2D eigenvalue weighted by atomic mass is 16.7. The number of hydrogen-bond donors (Lipinski definition) is 1. The smallest absolute Gasteiger partial charge is 0.330 e. The van der Waals surface area contributed by atoms with Crippen LogP contribution >= 0.6 is 0 Å². The van der Waals surface area contributed by atoms with Crippen LogP contribution in [0.25, 0.3) is 11.2 Å². The molecule has 0 saturated heterocycles. The van der Waals surface area contributed by atoms with Crippen molar-refractivity contribution in [3.05, 3.63) is 22.7 Å².